The summed E-state index contributed by atoms with van der Waals surface area (Å²) in [5.41, 5.74) is 2.00. The van der Waals surface area contributed by atoms with Crippen molar-refractivity contribution < 1.29 is 9.90 Å². The summed E-state index contributed by atoms with van der Waals surface area (Å²) >= 11 is 1.50. The zero-order chi connectivity index (χ0) is 9.97. The highest BCUT2D eigenvalue weighted by atomic mass is 32.2. The fourth-order valence-electron chi connectivity index (χ4n) is 1.47. The van der Waals surface area contributed by atoms with Crippen molar-refractivity contribution in [2.45, 2.75) is 18.0 Å². The monoisotopic (exact) mass is 209 g/mol. The molecule has 74 valence electrons. The lowest BCUT2D eigenvalue weighted by molar-refractivity contribution is -0.118. The number of aliphatic hydroxyl groups excluding tert-OH is 1. The van der Waals surface area contributed by atoms with Crippen LogP contribution in [0.2, 0.25) is 0 Å². The van der Waals surface area contributed by atoms with Gasteiger partial charge in [-0.2, -0.15) is 0 Å². The Labute approximate surface area is 86.5 Å². The van der Waals surface area contributed by atoms with Crippen LogP contribution in [0.5, 0.6) is 0 Å². The van der Waals surface area contributed by atoms with Crippen LogP contribution >= 0.6 is 11.8 Å². The zero-order valence-electron chi connectivity index (χ0n) is 7.62. The Morgan fingerprint density at radius 3 is 3.14 bits per heavy atom. The number of thioether (sulfide) groups is 1. The molecule has 0 saturated heterocycles. The van der Waals surface area contributed by atoms with Crippen molar-refractivity contribution in [3.05, 3.63) is 29.3 Å². The lowest BCUT2D eigenvalue weighted by Crippen LogP contribution is -2.22. The van der Waals surface area contributed by atoms with E-state index >= 15 is 0 Å². The summed E-state index contributed by atoms with van der Waals surface area (Å²) in [5, 5.41) is 11.9. The fourth-order valence-corrected chi connectivity index (χ4v) is 2.49. The van der Waals surface area contributed by atoms with E-state index in [1.54, 1.807) is 0 Å². The van der Waals surface area contributed by atoms with Gasteiger partial charge in [0.2, 0.25) is 5.91 Å². The minimum atomic E-state index is 0.0321. The first-order chi connectivity index (χ1) is 6.81. The number of aliphatic hydroxyl groups is 1. The number of amides is 1. The largest absolute Gasteiger partial charge is 0.392 e. The number of fused-ring (bicyclic) bond motifs is 1. The van der Waals surface area contributed by atoms with Crippen LogP contribution in [-0.2, 0) is 17.9 Å². The molecule has 0 atom stereocenters. The van der Waals surface area contributed by atoms with E-state index in [4.69, 9.17) is 5.11 Å². The SMILES string of the molecule is O=C1CSc2c(CO)cccc2CN1. The molecule has 0 radical (unpaired) electrons. The average molecular weight is 209 g/mol. The molecule has 1 aromatic carbocycles. The summed E-state index contributed by atoms with van der Waals surface area (Å²) < 4.78 is 0. The first-order valence-corrected chi connectivity index (χ1v) is 5.41. The van der Waals surface area contributed by atoms with Crippen LogP contribution in [-0.4, -0.2) is 16.8 Å². The summed E-state index contributed by atoms with van der Waals surface area (Å²) in [6, 6.07) is 5.77. The molecule has 1 amide bonds. The normalized spacial score (nSPS) is 15.6. The Morgan fingerprint density at radius 2 is 2.36 bits per heavy atom. The molecule has 0 unspecified atom stereocenters. The Hall–Kier alpha value is -1.00. The van der Waals surface area contributed by atoms with Crippen LogP contribution in [0, 0.1) is 0 Å². The maximum absolute atomic E-state index is 11.2. The molecule has 1 aliphatic rings. The minimum Gasteiger partial charge on any atom is -0.392 e. The van der Waals surface area contributed by atoms with Gasteiger partial charge in [0.1, 0.15) is 0 Å². The summed E-state index contributed by atoms with van der Waals surface area (Å²) in [7, 11) is 0. The summed E-state index contributed by atoms with van der Waals surface area (Å²) in [5.74, 6) is 0.486. The third kappa shape index (κ3) is 1.76. The van der Waals surface area contributed by atoms with Crippen molar-refractivity contribution in [2.75, 3.05) is 5.75 Å². The standard InChI is InChI=1S/C10H11NO2S/c12-5-8-3-1-2-7-4-11-9(13)6-14-10(7)8/h1-3,12H,4-6H2,(H,11,13). The first-order valence-electron chi connectivity index (χ1n) is 4.42. The quantitative estimate of drug-likeness (QED) is 0.722. The van der Waals surface area contributed by atoms with Gasteiger partial charge in [0.15, 0.2) is 0 Å². The molecular formula is C10H11NO2S. The number of rotatable bonds is 1. The molecule has 0 aromatic heterocycles. The summed E-state index contributed by atoms with van der Waals surface area (Å²) in [4.78, 5) is 12.2. The molecule has 0 bridgehead atoms. The van der Waals surface area contributed by atoms with Crippen molar-refractivity contribution in [3.8, 4) is 0 Å². The van der Waals surface area contributed by atoms with E-state index in [1.807, 2.05) is 18.2 Å². The maximum Gasteiger partial charge on any atom is 0.230 e. The van der Waals surface area contributed by atoms with Crippen LogP contribution < -0.4 is 5.32 Å². The highest BCUT2D eigenvalue weighted by Gasteiger charge is 2.14. The van der Waals surface area contributed by atoms with E-state index in [0.29, 0.717) is 12.3 Å². The van der Waals surface area contributed by atoms with Crippen molar-refractivity contribution in [3.63, 3.8) is 0 Å². The summed E-state index contributed by atoms with van der Waals surface area (Å²) in [6.07, 6.45) is 0. The van der Waals surface area contributed by atoms with E-state index in [2.05, 4.69) is 5.32 Å². The molecule has 1 aromatic rings. The number of hydrogen-bond donors (Lipinski definition) is 2. The van der Waals surface area contributed by atoms with E-state index in [0.717, 1.165) is 16.0 Å². The third-order valence-electron chi connectivity index (χ3n) is 2.17. The van der Waals surface area contributed by atoms with Gasteiger partial charge in [-0.25, -0.2) is 0 Å². The molecule has 0 aliphatic carbocycles. The highest BCUT2D eigenvalue weighted by molar-refractivity contribution is 8.00. The van der Waals surface area contributed by atoms with E-state index in [-0.39, 0.29) is 12.5 Å². The third-order valence-corrected chi connectivity index (χ3v) is 3.39. The molecule has 2 N–H and O–H groups in total. The minimum absolute atomic E-state index is 0.0321. The van der Waals surface area contributed by atoms with Gasteiger partial charge in [-0.1, -0.05) is 18.2 Å². The highest BCUT2D eigenvalue weighted by Crippen LogP contribution is 2.28. The first kappa shape index (κ1) is 9.55. The average Bonchev–Trinajstić information content (AvgIpc) is 2.41. The van der Waals surface area contributed by atoms with Crippen molar-refractivity contribution in [1.29, 1.82) is 0 Å². The summed E-state index contributed by atoms with van der Waals surface area (Å²) in [6.45, 7) is 0.597. The van der Waals surface area contributed by atoms with Crippen molar-refractivity contribution >= 4 is 17.7 Å². The van der Waals surface area contributed by atoms with Gasteiger partial charge in [-0.05, 0) is 11.1 Å². The van der Waals surface area contributed by atoms with Crippen LogP contribution in [0.4, 0.5) is 0 Å². The zero-order valence-corrected chi connectivity index (χ0v) is 8.43. The lowest BCUT2D eigenvalue weighted by Gasteiger charge is -2.08. The van der Waals surface area contributed by atoms with Crippen LogP contribution in [0.25, 0.3) is 0 Å². The van der Waals surface area contributed by atoms with Gasteiger partial charge in [0.05, 0.1) is 12.4 Å². The second-order valence-corrected chi connectivity index (χ2v) is 4.11. The smallest absolute Gasteiger partial charge is 0.230 e. The lowest BCUT2D eigenvalue weighted by atomic mass is 10.1. The number of benzene rings is 1. The number of carbonyl (C=O) groups is 1. The van der Waals surface area contributed by atoms with Gasteiger partial charge >= 0.3 is 0 Å². The van der Waals surface area contributed by atoms with Gasteiger partial charge in [0, 0.05) is 11.4 Å². The maximum atomic E-state index is 11.2. The second kappa shape index (κ2) is 4.02. The Bertz CT molecular complexity index is 365. The van der Waals surface area contributed by atoms with E-state index in [9.17, 15) is 4.79 Å². The fraction of sp³-hybridized carbons (Fsp3) is 0.300. The van der Waals surface area contributed by atoms with Crippen LogP contribution in [0.3, 0.4) is 0 Å². The van der Waals surface area contributed by atoms with Gasteiger partial charge in [0.25, 0.3) is 0 Å². The molecule has 1 heterocycles. The Kier molecular flexibility index (Phi) is 2.74. The molecule has 0 fully saturated rings. The Morgan fingerprint density at radius 1 is 1.50 bits per heavy atom. The number of nitrogens with one attached hydrogen (secondary N) is 1. The Balaban J connectivity index is 2.39. The van der Waals surface area contributed by atoms with Crippen LogP contribution in [0.15, 0.2) is 23.1 Å². The van der Waals surface area contributed by atoms with Gasteiger partial charge in [-0.3, -0.25) is 4.79 Å². The van der Waals surface area contributed by atoms with Crippen LogP contribution in [0.1, 0.15) is 11.1 Å². The number of carbonyl (C=O) groups excluding carboxylic acids is 1. The van der Waals surface area contributed by atoms with Gasteiger partial charge < -0.3 is 10.4 Å². The van der Waals surface area contributed by atoms with E-state index < -0.39 is 0 Å². The van der Waals surface area contributed by atoms with Gasteiger partial charge in [-0.15, -0.1) is 11.8 Å². The molecule has 2 rings (SSSR count). The predicted octanol–water partition coefficient (Wildman–Crippen LogP) is 0.901. The topological polar surface area (TPSA) is 49.3 Å². The number of hydrogen-bond acceptors (Lipinski definition) is 3. The van der Waals surface area contributed by atoms with E-state index in [1.165, 1.54) is 11.8 Å². The molecule has 3 nitrogen and oxygen atoms in total. The molecule has 14 heavy (non-hydrogen) atoms. The molecule has 4 heteroatoms. The molecular weight excluding hydrogens is 198 g/mol. The molecule has 1 aliphatic heterocycles. The molecule has 0 saturated carbocycles. The van der Waals surface area contributed by atoms with Crippen molar-refractivity contribution in [2.24, 2.45) is 0 Å². The molecule has 0 spiro atoms. The predicted molar refractivity (Wildman–Crippen MR) is 54.9 cm³/mol. The van der Waals surface area contributed by atoms with Crippen molar-refractivity contribution in [1.82, 2.24) is 5.32 Å². The second-order valence-electron chi connectivity index (χ2n) is 3.13.